The second-order valence-electron chi connectivity index (χ2n) is 2.83. The molecule has 0 N–H and O–H groups in total. The smallest absolute Gasteiger partial charge is 0.226 e. The van der Waals surface area contributed by atoms with Crippen LogP contribution in [0.1, 0.15) is 15.9 Å². The van der Waals surface area contributed by atoms with Crippen molar-refractivity contribution in [2.75, 3.05) is 7.11 Å². The molecule has 0 aromatic heterocycles. The zero-order chi connectivity index (χ0) is 9.84. The van der Waals surface area contributed by atoms with Gasteiger partial charge in [-0.05, 0) is 13.0 Å². The number of benzene rings is 1. The lowest BCUT2D eigenvalue weighted by Gasteiger charge is -2.03. The van der Waals surface area contributed by atoms with Crippen molar-refractivity contribution in [3.05, 3.63) is 47.7 Å². The number of hydrogen-bond acceptors (Lipinski definition) is 2. The molecule has 1 aromatic rings. The molecule has 0 heterocycles. The zero-order valence-electron chi connectivity index (χ0n) is 7.83. The van der Waals surface area contributed by atoms with E-state index < -0.39 is 0 Å². The summed E-state index contributed by atoms with van der Waals surface area (Å²) in [6, 6.07) is 7.34. The van der Waals surface area contributed by atoms with Crippen molar-refractivity contribution in [3.63, 3.8) is 0 Å². The summed E-state index contributed by atoms with van der Waals surface area (Å²) >= 11 is 0. The van der Waals surface area contributed by atoms with E-state index in [1.54, 1.807) is 6.07 Å². The molecule has 1 aromatic carbocycles. The molecule has 0 amide bonds. The van der Waals surface area contributed by atoms with Gasteiger partial charge >= 0.3 is 0 Å². The number of allylic oxidation sites excluding steroid dienone is 1. The highest BCUT2D eigenvalue weighted by atomic mass is 16.5. The quantitative estimate of drug-likeness (QED) is 0.401. The normalized spacial score (nSPS) is 9.38. The average molecular weight is 176 g/mol. The number of methoxy groups -OCH3 is 1. The van der Waals surface area contributed by atoms with Crippen LogP contribution in [-0.4, -0.2) is 12.9 Å². The van der Waals surface area contributed by atoms with Gasteiger partial charge in [0, 0.05) is 5.56 Å². The van der Waals surface area contributed by atoms with Crippen LogP contribution in [0.3, 0.4) is 0 Å². The first-order valence-corrected chi connectivity index (χ1v) is 3.99. The van der Waals surface area contributed by atoms with Crippen molar-refractivity contribution in [1.82, 2.24) is 0 Å². The molecule has 0 aliphatic heterocycles. The maximum absolute atomic E-state index is 11.5. The highest BCUT2D eigenvalue weighted by Crippen LogP contribution is 2.09. The SMILES string of the molecule is C=C(OC)C(=O)c1cccc(C)c1. The van der Waals surface area contributed by atoms with Crippen molar-refractivity contribution in [1.29, 1.82) is 0 Å². The number of ketones is 1. The van der Waals surface area contributed by atoms with E-state index in [-0.39, 0.29) is 11.5 Å². The van der Waals surface area contributed by atoms with Crippen LogP contribution in [0, 0.1) is 6.92 Å². The van der Waals surface area contributed by atoms with Crippen LogP contribution in [0.4, 0.5) is 0 Å². The van der Waals surface area contributed by atoms with Crippen LogP contribution < -0.4 is 0 Å². The Labute approximate surface area is 77.8 Å². The number of Topliss-reactive ketones (excluding diaryl/α,β-unsaturated/α-hetero) is 1. The van der Waals surface area contributed by atoms with Gasteiger partial charge in [0.05, 0.1) is 7.11 Å². The molecule has 2 nitrogen and oxygen atoms in total. The summed E-state index contributed by atoms with van der Waals surface area (Å²) in [5, 5.41) is 0. The predicted molar refractivity (Wildman–Crippen MR) is 51.7 cm³/mol. The number of carbonyl (C=O) groups excluding carboxylic acids is 1. The number of carbonyl (C=O) groups is 1. The molecule has 0 unspecified atom stereocenters. The van der Waals surface area contributed by atoms with Crippen molar-refractivity contribution in [2.24, 2.45) is 0 Å². The first-order chi connectivity index (χ1) is 6.15. The van der Waals surface area contributed by atoms with Crippen molar-refractivity contribution in [3.8, 4) is 0 Å². The van der Waals surface area contributed by atoms with Crippen LogP contribution in [0.15, 0.2) is 36.6 Å². The molecule has 0 aliphatic rings. The second-order valence-corrected chi connectivity index (χ2v) is 2.83. The Bertz CT molecular complexity index is 340. The van der Waals surface area contributed by atoms with E-state index in [4.69, 9.17) is 4.74 Å². The van der Waals surface area contributed by atoms with Gasteiger partial charge in [0.15, 0.2) is 5.76 Å². The minimum absolute atomic E-state index is 0.161. The molecule has 68 valence electrons. The van der Waals surface area contributed by atoms with E-state index in [0.29, 0.717) is 5.56 Å². The molecule has 0 aliphatic carbocycles. The van der Waals surface area contributed by atoms with E-state index in [2.05, 4.69) is 6.58 Å². The van der Waals surface area contributed by atoms with Gasteiger partial charge < -0.3 is 4.74 Å². The van der Waals surface area contributed by atoms with Gasteiger partial charge in [-0.15, -0.1) is 0 Å². The van der Waals surface area contributed by atoms with Gasteiger partial charge in [0.1, 0.15) is 0 Å². The monoisotopic (exact) mass is 176 g/mol. The van der Waals surface area contributed by atoms with E-state index in [0.717, 1.165) is 5.56 Å². The first kappa shape index (κ1) is 9.52. The fourth-order valence-corrected chi connectivity index (χ4v) is 1.04. The van der Waals surface area contributed by atoms with Gasteiger partial charge in [-0.3, -0.25) is 4.79 Å². The summed E-state index contributed by atoms with van der Waals surface area (Å²) in [6.45, 7) is 5.44. The van der Waals surface area contributed by atoms with Gasteiger partial charge in [0.25, 0.3) is 0 Å². The van der Waals surface area contributed by atoms with E-state index in [1.807, 2.05) is 25.1 Å². The molecule has 0 atom stereocenters. The highest BCUT2D eigenvalue weighted by molar-refractivity contribution is 6.06. The van der Waals surface area contributed by atoms with Crippen LogP contribution in [0.5, 0.6) is 0 Å². The van der Waals surface area contributed by atoms with Crippen molar-refractivity contribution >= 4 is 5.78 Å². The van der Waals surface area contributed by atoms with Gasteiger partial charge in [-0.25, -0.2) is 0 Å². The minimum Gasteiger partial charge on any atom is -0.493 e. The third-order valence-electron chi connectivity index (χ3n) is 1.78. The van der Waals surface area contributed by atoms with E-state index >= 15 is 0 Å². The van der Waals surface area contributed by atoms with Crippen LogP contribution in [0.25, 0.3) is 0 Å². The lowest BCUT2D eigenvalue weighted by molar-refractivity contribution is 0.0955. The molecular formula is C11H12O2. The topological polar surface area (TPSA) is 26.3 Å². The third-order valence-corrected chi connectivity index (χ3v) is 1.78. The molecular weight excluding hydrogens is 164 g/mol. The predicted octanol–water partition coefficient (Wildman–Crippen LogP) is 2.34. The van der Waals surface area contributed by atoms with E-state index in [1.165, 1.54) is 7.11 Å². The molecule has 0 radical (unpaired) electrons. The Hall–Kier alpha value is -1.57. The lowest BCUT2D eigenvalue weighted by Crippen LogP contribution is -2.03. The van der Waals surface area contributed by atoms with Gasteiger partial charge in [-0.2, -0.15) is 0 Å². The summed E-state index contributed by atoms with van der Waals surface area (Å²) in [7, 11) is 1.44. The first-order valence-electron chi connectivity index (χ1n) is 3.99. The standard InChI is InChI=1S/C11H12O2/c1-8-5-4-6-10(7-8)11(12)9(2)13-3/h4-7H,2H2,1,3H3. The second kappa shape index (κ2) is 3.90. The maximum atomic E-state index is 11.5. The van der Waals surface area contributed by atoms with Crippen molar-refractivity contribution in [2.45, 2.75) is 6.92 Å². The number of rotatable bonds is 3. The molecule has 2 heteroatoms. The van der Waals surface area contributed by atoms with Crippen LogP contribution in [-0.2, 0) is 4.74 Å². The van der Waals surface area contributed by atoms with Crippen molar-refractivity contribution < 1.29 is 9.53 Å². The molecule has 1 rings (SSSR count). The summed E-state index contributed by atoms with van der Waals surface area (Å²) in [4.78, 5) is 11.5. The summed E-state index contributed by atoms with van der Waals surface area (Å²) < 4.78 is 4.76. The lowest BCUT2D eigenvalue weighted by atomic mass is 10.1. The maximum Gasteiger partial charge on any atom is 0.226 e. The van der Waals surface area contributed by atoms with Gasteiger partial charge in [0.2, 0.25) is 5.78 Å². The number of aryl methyl sites for hydroxylation is 1. The summed E-state index contributed by atoms with van der Waals surface area (Å²) in [5.74, 6) is 0.0109. The molecule has 0 spiro atoms. The Morgan fingerprint density at radius 1 is 1.46 bits per heavy atom. The minimum atomic E-state index is -0.161. The van der Waals surface area contributed by atoms with Gasteiger partial charge in [-0.1, -0.05) is 30.3 Å². The summed E-state index contributed by atoms with van der Waals surface area (Å²) in [6.07, 6.45) is 0. The van der Waals surface area contributed by atoms with E-state index in [9.17, 15) is 4.79 Å². The highest BCUT2D eigenvalue weighted by Gasteiger charge is 2.09. The Kier molecular flexibility index (Phi) is 2.85. The molecule has 13 heavy (non-hydrogen) atoms. The molecule has 0 fully saturated rings. The Morgan fingerprint density at radius 2 is 2.15 bits per heavy atom. The zero-order valence-corrected chi connectivity index (χ0v) is 7.83. The molecule has 0 bridgehead atoms. The Balaban J connectivity index is 2.95. The molecule has 0 saturated heterocycles. The molecule has 0 saturated carbocycles. The Morgan fingerprint density at radius 3 is 2.69 bits per heavy atom. The van der Waals surface area contributed by atoms with Crippen LogP contribution >= 0.6 is 0 Å². The van der Waals surface area contributed by atoms with Crippen LogP contribution in [0.2, 0.25) is 0 Å². The third kappa shape index (κ3) is 2.18. The fraction of sp³-hybridized carbons (Fsp3) is 0.182. The number of hydrogen-bond donors (Lipinski definition) is 0. The average Bonchev–Trinajstić information content (AvgIpc) is 2.15. The largest absolute Gasteiger partial charge is 0.493 e. The fourth-order valence-electron chi connectivity index (χ4n) is 1.04. The number of ether oxygens (including phenoxy) is 1. The summed E-state index contributed by atoms with van der Waals surface area (Å²) in [5.41, 5.74) is 1.67.